The maximum atomic E-state index is 12.6. The summed E-state index contributed by atoms with van der Waals surface area (Å²) < 4.78 is 36.9. The van der Waals surface area contributed by atoms with Gasteiger partial charge in [-0.3, -0.25) is 0 Å². The van der Waals surface area contributed by atoms with Crippen LogP contribution in [0.5, 0.6) is 11.5 Å². The van der Waals surface area contributed by atoms with Gasteiger partial charge in [0.05, 0.1) is 20.2 Å². The van der Waals surface area contributed by atoms with Gasteiger partial charge in [0, 0.05) is 18.7 Å². The number of methoxy groups -OCH3 is 1. The maximum Gasteiger partial charge on any atom is 0.387 e. The summed E-state index contributed by atoms with van der Waals surface area (Å²) in [4.78, 5) is 4.44. The van der Waals surface area contributed by atoms with E-state index in [1.54, 1.807) is 18.5 Å². The third kappa shape index (κ3) is 7.09. The molecule has 0 fully saturated rings. The van der Waals surface area contributed by atoms with Crippen molar-refractivity contribution in [1.82, 2.24) is 25.4 Å². The molecule has 28 heavy (non-hydrogen) atoms. The lowest BCUT2D eigenvalue weighted by Gasteiger charge is -2.13. The van der Waals surface area contributed by atoms with Crippen molar-refractivity contribution in [2.75, 3.05) is 13.7 Å². The van der Waals surface area contributed by atoms with Crippen LogP contribution >= 0.6 is 24.0 Å². The van der Waals surface area contributed by atoms with Crippen LogP contribution in [0.1, 0.15) is 25.2 Å². The fraction of sp³-hybridized carbons (Fsp3) is 0.471. The minimum Gasteiger partial charge on any atom is -0.497 e. The summed E-state index contributed by atoms with van der Waals surface area (Å²) in [6, 6.07) is 4.63. The van der Waals surface area contributed by atoms with Gasteiger partial charge in [-0.25, -0.2) is 4.99 Å². The van der Waals surface area contributed by atoms with Gasteiger partial charge in [-0.05, 0) is 32.0 Å². The largest absolute Gasteiger partial charge is 0.497 e. The van der Waals surface area contributed by atoms with E-state index in [4.69, 9.17) is 4.74 Å². The van der Waals surface area contributed by atoms with Crippen molar-refractivity contribution >= 4 is 29.9 Å². The topological polar surface area (TPSA) is 85.6 Å². The molecular weight excluding hydrogens is 485 g/mol. The van der Waals surface area contributed by atoms with E-state index in [9.17, 15) is 8.78 Å². The van der Waals surface area contributed by atoms with E-state index in [1.165, 1.54) is 13.2 Å². The number of alkyl halides is 2. The summed E-state index contributed by atoms with van der Waals surface area (Å²) in [7, 11) is 1.51. The van der Waals surface area contributed by atoms with Crippen LogP contribution in [0.2, 0.25) is 0 Å². The van der Waals surface area contributed by atoms with E-state index < -0.39 is 6.61 Å². The zero-order valence-electron chi connectivity index (χ0n) is 16.0. The van der Waals surface area contributed by atoms with E-state index >= 15 is 0 Å². The highest BCUT2D eigenvalue weighted by molar-refractivity contribution is 14.0. The molecule has 0 aliphatic rings. The third-order valence-electron chi connectivity index (χ3n) is 3.69. The second-order valence-electron chi connectivity index (χ2n) is 5.43. The second kappa shape index (κ2) is 12.3. The summed E-state index contributed by atoms with van der Waals surface area (Å²) >= 11 is 0. The molecule has 0 bridgehead atoms. The Labute approximate surface area is 179 Å². The molecule has 0 radical (unpaired) electrons. The quantitative estimate of drug-likeness (QED) is 0.307. The monoisotopic (exact) mass is 510 g/mol. The van der Waals surface area contributed by atoms with Crippen molar-refractivity contribution < 1.29 is 18.3 Å². The zero-order valence-corrected chi connectivity index (χ0v) is 18.3. The first-order valence-corrected chi connectivity index (χ1v) is 8.57. The molecule has 1 heterocycles. The Balaban J connectivity index is 0.00000392. The van der Waals surface area contributed by atoms with E-state index in [2.05, 4.69) is 30.6 Å². The first-order valence-electron chi connectivity index (χ1n) is 8.57. The highest BCUT2D eigenvalue weighted by Crippen LogP contribution is 2.26. The van der Waals surface area contributed by atoms with Crippen molar-refractivity contribution in [2.24, 2.45) is 4.99 Å². The van der Waals surface area contributed by atoms with E-state index in [0.717, 1.165) is 12.4 Å². The van der Waals surface area contributed by atoms with Crippen molar-refractivity contribution in [1.29, 1.82) is 0 Å². The maximum absolute atomic E-state index is 12.6. The lowest BCUT2D eigenvalue weighted by atomic mass is 10.2. The van der Waals surface area contributed by atoms with Crippen LogP contribution in [-0.4, -0.2) is 41.0 Å². The number of aryl methyl sites for hydroxylation is 1. The molecule has 0 amide bonds. The molecule has 2 aromatic rings. The molecule has 8 nitrogen and oxygen atoms in total. The highest BCUT2D eigenvalue weighted by Gasteiger charge is 2.11. The predicted octanol–water partition coefficient (Wildman–Crippen LogP) is 2.78. The average Bonchev–Trinajstić information content (AvgIpc) is 3.12. The number of nitrogens with zero attached hydrogens (tertiary/aromatic N) is 4. The van der Waals surface area contributed by atoms with Crippen LogP contribution in [0.25, 0.3) is 0 Å². The Morgan fingerprint density at radius 2 is 2.07 bits per heavy atom. The first-order chi connectivity index (χ1) is 13.1. The second-order valence-corrected chi connectivity index (χ2v) is 5.43. The minimum atomic E-state index is -2.91. The van der Waals surface area contributed by atoms with Crippen molar-refractivity contribution in [3.8, 4) is 11.5 Å². The molecule has 0 atom stereocenters. The fourth-order valence-corrected chi connectivity index (χ4v) is 2.37. The Morgan fingerprint density at radius 3 is 2.71 bits per heavy atom. The smallest absolute Gasteiger partial charge is 0.387 e. The number of benzene rings is 1. The molecule has 0 aliphatic carbocycles. The highest BCUT2D eigenvalue weighted by atomic mass is 127. The molecular formula is C17H25F2IN6O2. The summed E-state index contributed by atoms with van der Waals surface area (Å²) in [5.74, 6) is 1.90. The molecule has 2 N–H and O–H groups in total. The summed E-state index contributed by atoms with van der Waals surface area (Å²) in [6.45, 7) is 2.99. The van der Waals surface area contributed by atoms with Crippen LogP contribution in [0.4, 0.5) is 8.78 Å². The van der Waals surface area contributed by atoms with Crippen molar-refractivity contribution in [3.05, 3.63) is 35.9 Å². The number of guanidine groups is 1. The lowest BCUT2D eigenvalue weighted by Crippen LogP contribution is -2.37. The van der Waals surface area contributed by atoms with E-state index in [-0.39, 0.29) is 36.3 Å². The van der Waals surface area contributed by atoms with Crippen molar-refractivity contribution in [2.45, 2.75) is 40.1 Å². The number of hydrogen-bond donors (Lipinski definition) is 2. The minimum absolute atomic E-state index is 0. The molecule has 1 aromatic carbocycles. The molecule has 2 rings (SSSR count). The van der Waals surface area contributed by atoms with Gasteiger partial charge in [-0.2, -0.15) is 8.78 Å². The Morgan fingerprint density at radius 1 is 1.29 bits per heavy atom. The molecule has 0 saturated carbocycles. The molecule has 0 spiro atoms. The van der Waals surface area contributed by atoms with Crippen LogP contribution in [0, 0.1) is 0 Å². The number of halogens is 3. The van der Waals surface area contributed by atoms with Crippen LogP contribution in [0.3, 0.4) is 0 Å². The first kappa shape index (κ1) is 23.9. The Kier molecular flexibility index (Phi) is 10.5. The van der Waals surface area contributed by atoms with Crippen LogP contribution < -0.4 is 20.1 Å². The summed E-state index contributed by atoms with van der Waals surface area (Å²) in [6.07, 6.45) is 1.66. The number of nitrogens with one attached hydrogen (secondary N) is 2. The van der Waals surface area contributed by atoms with Crippen molar-refractivity contribution in [3.63, 3.8) is 0 Å². The van der Waals surface area contributed by atoms with E-state index in [0.29, 0.717) is 30.4 Å². The molecule has 11 heteroatoms. The number of rotatable bonds is 9. The number of hydrogen-bond acceptors (Lipinski definition) is 5. The normalized spacial score (nSPS) is 11.1. The number of aliphatic imine (C=N–C) groups is 1. The van der Waals surface area contributed by atoms with Crippen LogP contribution in [-0.2, 0) is 19.6 Å². The number of aromatic nitrogens is 3. The van der Waals surface area contributed by atoms with Crippen LogP contribution in [0.15, 0.2) is 29.5 Å². The van der Waals surface area contributed by atoms with Gasteiger partial charge in [-0.15, -0.1) is 34.2 Å². The van der Waals surface area contributed by atoms with Gasteiger partial charge in [-0.1, -0.05) is 0 Å². The fourth-order valence-electron chi connectivity index (χ4n) is 2.37. The zero-order chi connectivity index (χ0) is 19.6. The molecule has 0 aliphatic heterocycles. The number of ether oxygens (including phenoxy) is 2. The van der Waals surface area contributed by atoms with Gasteiger partial charge in [0.2, 0.25) is 0 Å². The molecule has 0 saturated heterocycles. The predicted molar refractivity (Wildman–Crippen MR) is 112 cm³/mol. The summed E-state index contributed by atoms with van der Waals surface area (Å²) in [5, 5.41) is 14.2. The lowest BCUT2D eigenvalue weighted by molar-refractivity contribution is -0.0504. The van der Waals surface area contributed by atoms with Gasteiger partial charge in [0.1, 0.15) is 17.8 Å². The van der Waals surface area contributed by atoms with E-state index in [1.807, 2.05) is 18.4 Å². The van der Waals surface area contributed by atoms with Gasteiger partial charge >= 0.3 is 6.61 Å². The van der Waals surface area contributed by atoms with Gasteiger partial charge in [0.15, 0.2) is 11.8 Å². The third-order valence-corrected chi connectivity index (χ3v) is 3.69. The SMILES string of the molecule is CCNC(=NCc1cc(OC)ccc1OC(F)F)NCc1nncn1CC.I. The molecule has 1 aromatic heterocycles. The molecule has 0 unspecified atom stereocenters. The molecule has 156 valence electrons. The average molecular weight is 510 g/mol. The van der Waals surface area contributed by atoms with Gasteiger partial charge in [0.25, 0.3) is 0 Å². The Bertz CT molecular complexity index is 757. The Hall–Kier alpha value is -2.18. The standard InChI is InChI=1S/C17H24F2N6O2.HI/c1-4-20-17(22-10-15-24-23-11-25(15)5-2)21-9-12-8-13(26-3)6-7-14(12)27-16(18)19;/h6-8,11,16H,4-5,9-10H2,1-3H3,(H2,20,21,22);1H. The van der Waals surface area contributed by atoms with Gasteiger partial charge < -0.3 is 24.7 Å². The summed E-state index contributed by atoms with van der Waals surface area (Å²) in [5.41, 5.74) is 0.489.